The van der Waals surface area contributed by atoms with Crippen LogP contribution in [0.1, 0.15) is 36.2 Å². The molecule has 1 aliphatic carbocycles. The van der Waals surface area contributed by atoms with Crippen LogP contribution in [-0.2, 0) is 20.0 Å². The van der Waals surface area contributed by atoms with E-state index in [0.29, 0.717) is 24.7 Å². The number of ether oxygens (including phenoxy) is 1. The molecule has 122 valence electrons. The van der Waals surface area contributed by atoms with Gasteiger partial charge in [-0.05, 0) is 25.3 Å². The van der Waals surface area contributed by atoms with Gasteiger partial charge in [0, 0.05) is 44.1 Å². The molecule has 1 fully saturated rings. The first-order chi connectivity index (χ1) is 11.2. The molecule has 0 radical (unpaired) electrons. The Morgan fingerprint density at radius 2 is 2.00 bits per heavy atom. The average Bonchev–Trinajstić information content (AvgIpc) is 2.85. The van der Waals surface area contributed by atoms with Crippen molar-refractivity contribution in [1.82, 2.24) is 24.4 Å². The molecule has 0 unspecified atom stereocenters. The molecule has 0 aromatic carbocycles. The lowest BCUT2D eigenvalue weighted by atomic mass is 9.88. The Bertz CT molecular complexity index is 677. The van der Waals surface area contributed by atoms with Gasteiger partial charge < -0.3 is 9.30 Å². The third-order valence-electron chi connectivity index (χ3n) is 5.08. The molecule has 0 saturated heterocycles. The van der Waals surface area contributed by atoms with Crippen LogP contribution >= 0.6 is 0 Å². The molecule has 6 nitrogen and oxygen atoms in total. The summed E-state index contributed by atoms with van der Waals surface area (Å²) in [7, 11) is 2.08. The van der Waals surface area contributed by atoms with Crippen LogP contribution in [0.3, 0.4) is 0 Å². The fraction of sp³-hybridized carbons (Fsp3) is 0.588. The van der Waals surface area contributed by atoms with E-state index in [1.165, 1.54) is 30.7 Å². The first-order valence-electron chi connectivity index (χ1n) is 8.37. The number of aryl methyl sites for hydroxylation is 2. The molecule has 0 amide bonds. The molecule has 0 N–H and O–H groups in total. The molecule has 3 heterocycles. The zero-order valence-electron chi connectivity index (χ0n) is 13.8. The summed E-state index contributed by atoms with van der Waals surface area (Å²) in [5.41, 5.74) is 3.60. The highest BCUT2D eigenvalue weighted by Gasteiger charge is 2.36. The monoisotopic (exact) mass is 313 g/mol. The summed E-state index contributed by atoms with van der Waals surface area (Å²) in [4.78, 5) is 15.6. The van der Waals surface area contributed by atoms with Crippen LogP contribution in [0.25, 0.3) is 0 Å². The summed E-state index contributed by atoms with van der Waals surface area (Å²) in [6.07, 6.45) is 10.4. The van der Waals surface area contributed by atoms with Crippen molar-refractivity contribution in [2.75, 3.05) is 6.61 Å². The van der Waals surface area contributed by atoms with Gasteiger partial charge in [-0.1, -0.05) is 6.42 Å². The second-order valence-corrected chi connectivity index (χ2v) is 6.72. The van der Waals surface area contributed by atoms with Gasteiger partial charge in [0.2, 0.25) is 0 Å². The van der Waals surface area contributed by atoms with E-state index in [2.05, 4.69) is 31.5 Å². The normalized spacial score (nSPS) is 21.7. The third-order valence-corrected chi connectivity index (χ3v) is 5.08. The highest BCUT2D eigenvalue weighted by atomic mass is 16.5. The molecule has 6 heteroatoms. The molecule has 0 bridgehead atoms. The van der Waals surface area contributed by atoms with Crippen molar-refractivity contribution < 1.29 is 4.74 Å². The Balaban J connectivity index is 1.49. The van der Waals surface area contributed by atoms with Crippen molar-refractivity contribution >= 4 is 0 Å². The minimum absolute atomic E-state index is 0.369. The molecule has 2 aliphatic rings. The average molecular weight is 313 g/mol. The highest BCUT2D eigenvalue weighted by Crippen LogP contribution is 2.32. The van der Waals surface area contributed by atoms with E-state index in [1.54, 1.807) is 12.4 Å². The first kappa shape index (κ1) is 14.6. The van der Waals surface area contributed by atoms with E-state index in [1.807, 2.05) is 13.3 Å². The topological polar surface area (TPSA) is 56.1 Å². The lowest BCUT2D eigenvalue weighted by Gasteiger charge is -2.44. The van der Waals surface area contributed by atoms with Gasteiger partial charge in [0.25, 0.3) is 0 Å². The van der Waals surface area contributed by atoms with Crippen LogP contribution in [0.5, 0.6) is 6.01 Å². The van der Waals surface area contributed by atoms with E-state index < -0.39 is 0 Å². The molecule has 4 rings (SSSR count). The predicted molar refractivity (Wildman–Crippen MR) is 86.1 cm³/mol. The van der Waals surface area contributed by atoms with Crippen LogP contribution in [0.4, 0.5) is 0 Å². The van der Waals surface area contributed by atoms with Crippen molar-refractivity contribution in [3.63, 3.8) is 0 Å². The second-order valence-electron chi connectivity index (χ2n) is 6.72. The van der Waals surface area contributed by atoms with Crippen molar-refractivity contribution in [1.29, 1.82) is 0 Å². The molecule has 1 aliphatic heterocycles. The Morgan fingerprint density at radius 1 is 1.22 bits per heavy atom. The zero-order valence-corrected chi connectivity index (χ0v) is 13.8. The Labute approximate surface area is 136 Å². The maximum absolute atomic E-state index is 5.89. The molecule has 23 heavy (non-hydrogen) atoms. The van der Waals surface area contributed by atoms with Gasteiger partial charge in [-0.15, -0.1) is 0 Å². The first-order valence-corrected chi connectivity index (χ1v) is 8.37. The number of fused-ring (bicyclic) bond motifs is 1. The van der Waals surface area contributed by atoms with Crippen molar-refractivity contribution in [2.45, 2.75) is 51.2 Å². The largest absolute Gasteiger partial charge is 0.462 e. The van der Waals surface area contributed by atoms with E-state index >= 15 is 0 Å². The standard InChI is InChI=1S/C17H23N5O/c1-12-7-18-17(19-8-12)23-10-14-6-16-15(20-11-21(16)2)9-22(14)13-4-3-5-13/h7-8,11,13-14H,3-6,9-10H2,1-2H3/t14-/m0/s1. The van der Waals surface area contributed by atoms with E-state index in [9.17, 15) is 0 Å². The smallest absolute Gasteiger partial charge is 0.316 e. The Kier molecular flexibility index (Phi) is 3.77. The number of rotatable bonds is 4. The van der Waals surface area contributed by atoms with Gasteiger partial charge in [-0.2, -0.15) is 0 Å². The molecule has 1 saturated carbocycles. The van der Waals surface area contributed by atoms with Gasteiger partial charge in [0.1, 0.15) is 6.61 Å². The number of hydrogen-bond acceptors (Lipinski definition) is 5. The maximum atomic E-state index is 5.89. The summed E-state index contributed by atoms with van der Waals surface area (Å²) >= 11 is 0. The minimum Gasteiger partial charge on any atom is -0.462 e. The lowest BCUT2D eigenvalue weighted by molar-refractivity contribution is 0.0334. The van der Waals surface area contributed by atoms with Crippen LogP contribution in [0.15, 0.2) is 18.7 Å². The van der Waals surface area contributed by atoms with Crippen LogP contribution in [0.2, 0.25) is 0 Å². The fourth-order valence-corrected chi connectivity index (χ4v) is 3.47. The number of hydrogen-bond donors (Lipinski definition) is 0. The summed E-state index contributed by atoms with van der Waals surface area (Å²) in [6.45, 7) is 3.54. The van der Waals surface area contributed by atoms with Gasteiger partial charge in [0.15, 0.2) is 0 Å². The fourth-order valence-electron chi connectivity index (χ4n) is 3.47. The zero-order chi connectivity index (χ0) is 15.8. The van der Waals surface area contributed by atoms with E-state index in [4.69, 9.17) is 4.74 Å². The van der Waals surface area contributed by atoms with E-state index in [-0.39, 0.29) is 0 Å². The molecule has 2 aromatic heterocycles. The molecular weight excluding hydrogens is 290 g/mol. The summed E-state index contributed by atoms with van der Waals surface area (Å²) < 4.78 is 8.03. The lowest BCUT2D eigenvalue weighted by Crippen LogP contribution is -2.52. The molecule has 2 aromatic rings. The van der Waals surface area contributed by atoms with E-state index in [0.717, 1.165) is 18.5 Å². The number of aromatic nitrogens is 4. The minimum atomic E-state index is 0.369. The van der Waals surface area contributed by atoms with Gasteiger partial charge >= 0.3 is 6.01 Å². The van der Waals surface area contributed by atoms with Crippen LogP contribution in [-0.4, -0.2) is 43.1 Å². The molecular formula is C17H23N5O. The van der Waals surface area contributed by atoms with Crippen molar-refractivity contribution in [2.24, 2.45) is 7.05 Å². The third kappa shape index (κ3) is 2.83. The quantitative estimate of drug-likeness (QED) is 0.862. The van der Waals surface area contributed by atoms with Gasteiger partial charge in [0.05, 0.1) is 18.1 Å². The number of nitrogens with zero attached hydrogens (tertiary/aromatic N) is 5. The number of imidazole rings is 1. The SMILES string of the molecule is Cc1cnc(OC[C@@H]2Cc3c(ncn3C)CN2C2CCC2)nc1. The molecule has 0 spiro atoms. The van der Waals surface area contributed by atoms with Crippen molar-refractivity contribution in [3.8, 4) is 6.01 Å². The molecule has 1 atom stereocenters. The Morgan fingerprint density at radius 3 is 2.70 bits per heavy atom. The highest BCUT2D eigenvalue weighted by molar-refractivity contribution is 5.19. The maximum Gasteiger partial charge on any atom is 0.316 e. The van der Waals surface area contributed by atoms with Gasteiger partial charge in [-0.25, -0.2) is 15.0 Å². The predicted octanol–water partition coefficient (Wildman–Crippen LogP) is 1.88. The summed E-state index contributed by atoms with van der Waals surface area (Å²) in [6, 6.07) is 1.52. The Hall–Kier alpha value is -1.95. The second kappa shape index (κ2) is 5.92. The summed E-state index contributed by atoms with van der Waals surface area (Å²) in [5, 5.41) is 0. The van der Waals surface area contributed by atoms with Crippen molar-refractivity contribution in [3.05, 3.63) is 35.7 Å². The summed E-state index contributed by atoms with van der Waals surface area (Å²) in [5.74, 6) is 0. The van der Waals surface area contributed by atoms with Gasteiger partial charge in [-0.3, -0.25) is 4.90 Å². The van der Waals surface area contributed by atoms with Crippen LogP contribution in [0, 0.1) is 6.92 Å². The van der Waals surface area contributed by atoms with Crippen LogP contribution < -0.4 is 4.74 Å².